The van der Waals surface area contributed by atoms with E-state index in [0.717, 1.165) is 44.8 Å². The minimum absolute atomic E-state index is 0.406. The Kier molecular flexibility index (Phi) is 2.99. The highest BCUT2D eigenvalue weighted by Crippen LogP contribution is 2.31. The van der Waals surface area contributed by atoms with Gasteiger partial charge in [-0.2, -0.15) is 0 Å². The summed E-state index contributed by atoms with van der Waals surface area (Å²) in [6.07, 6.45) is 6.60. The van der Waals surface area contributed by atoms with E-state index in [1.165, 1.54) is 12.8 Å². The third kappa shape index (κ3) is 2.31. The van der Waals surface area contributed by atoms with Crippen LogP contribution < -0.4 is 0 Å². The average molecular weight is 182 g/mol. The standard InChI is InChI=1S/C11H18O2/c12-11-3-1-2-10(11)8-9-4-6-13-7-5-9/h9-10H,1-8H2. The Morgan fingerprint density at radius 1 is 1.23 bits per heavy atom. The molecule has 1 unspecified atom stereocenters. The molecule has 1 atom stereocenters. The van der Waals surface area contributed by atoms with Gasteiger partial charge in [0.05, 0.1) is 0 Å². The van der Waals surface area contributed by atoms with E-state index in [2.05, 4.69) is 0 Å². The van der Waals surface area contributed by atoms with Crippen molar-refractivity contribution in [2.75, 3.05) is 13.2 Å². The van der Waals surface area contributed by atoms with Crippen molar-refractivity contribution in [1.29, 1.82) is 0 Å². The third-order valence-corrected chi connectivity index (χ3v) is 3.39. The number of rotatable bonds is 2. The van der Waals surface area contributed by atoms with Crippen molar-refractivity contribution in [2.45, 2.75) is 38.5 Å². The van der Waals surface area contributed by atoms with Gasteiger partial charge in [-0.1, -0.05) is 0 Å². The molecule has 0 aromatic carbocycles. The molecule has 2 rings (SSSR count). The topological polar surface area (TPSA) is 26.3 Å². The van der Waals surface area contributed by atoms with Gasteiger partial charge >= 0.3 is 0 Å². The lowest BCUT2D eigenvalue weighted by molar-refractivity contribution is -0.121. The van der Waals surface area contributed by atoms with Gasteiger partial charge in [-0.15, -0.1) is 0 Å². The van der Waals surface area contributed by atoms with Crippen LogP contribution in [0.1, 0.15) is 38.5 Å². The van der Waals surface area contributed by atoms with Crippen molar-refractivity contribution in [1.82, 2.24) is 0 Å². The van der Waals surface area contributed by atoms with Crippen LogP contribution in [0.3, 0.4) is 0 Å². The van der Waals surface area contributed by atoms with Gasteiger partial charge in [0.25, 0.3) is 0 Å². The van der Waals surface area contributed by atoms with Crippen LogP contribution in [0, 0.1) is 11.8 Å². The molecule has 0 bridgehead atoms. The quantitative estimate of drug-likeness (QED) is 0.654. The zero-order valence-electron chi connectivity index (χ0n) is 8.13. The minimum Gasteiger partial charge on any atom is -0.381 e. The predicted octanol–water partition coefficient (Wildman–Crippen LogP) is 2.17. The monoisotopic (exact) mass is 182 g/mol. The summed E-state index contributed by atoms with van der Waals surface area (Å²) in [7, 11) is 0. The van der Waals surface area contributed by atoms with E-state index in [0.29, 0.717) is 11.7 Å². The van der Waals surface area contributed by atoms with Crippen LogP contribution in [0.2, 0.25) is 0 Å². The molecule has 74 valence electrons. The summed E-state index contributed by atoms with van der Waals surface area (Å²) in [6.45, 7) is 1.82. The van der Waals surface area contributed by atoms with Crippen molar-refractivity contribution < 1.29 is 9.53 Å². The summed E-state index contributed by atoms with van der Waals surface area (Å²) in [4.78, 5) is 11.4. The highest BCUT2D eigenvalue weighted by molar-refractivity contribution is 5.82. The van der Waals surface area contributed by atoms with Crippen LogP contribution in [-0.4, -0.2) is 19.0 Å². The van der Waals surface area contributed by atoms with Crippen LogP contribution in [0.4, 0.5) is 0 Å². The van der Waals surface area contributed by atoms with Gasteiger partial charge in [0, 0.05) is 25.6 Å². The van der Waals surface area contributed by atoms with E-state index in [1.54, 1.807) is 0 Å². The van der Waals surface area contributed by atoms with E-state index in [-0.39, 0.29) is 0 Å². The first-order valence-electron chi connectivity index (χ1n) is 5.46. The van der Waals surface area contributed by atoms with Crippen molar-refractivity contribution in [2.24, 2.45) is 11.8 Å². The van der Waals surface area contributed by atoms with Crippen molar-refractivity contribution in [3.63, 3.8) is 0 Å². The molecular weight excluding hydrogens is 164 g/mol. The highest BCUT2D eigenvalue weighted by Gasteiger charge is 2.27. The fraction of sp³-hybridized carbons (Fsp3) is 0.909. The zero-order valence-corrected chi connectivity index (χ0v) is 8.13. The molecule has 1 aliphatic heterocycles. The fourth-order valence-electron chi connectivity index (χ4n) is 2.52. The first kappa shape index (κ1) is 9.20. The van der Waals surface area contributed by atoms with Crippen LogP contribution >= 0.6 is 0 Å². The zero-order chi connectivity index (χ0) is 9.10. The Balaban J connectivity index is 1.79. The second-order valence-electron chi connectivity index (χ2n) is 4.35. The van der Waals surface area contributed by atoms with Crippen molar-refractivity contribution in [3.8, 4) is 0 Å². The SMILES string of the molecule is O=C1CCCC1CC1CCOCC1. The largest absolute Gasteiger partial charge is 0.381 e. The van der Waals surface area contributed by atoms with Gasteiger partial charge < -0.3 is 4.74 Å². The molecule has 0 aromatic rings. The van der Waals surface area contributed by atoms with E-state index in [4.69, 9.17) is 4.74 Å². The van der Waals surface area contributed by atoms with E-state index >= 15 is 0 Å². The summed E-state index contributed by atoms with van der Waals surface area (Å²) in [5, 5.41) is 0. The van der Waals surface area contributed by atoms with Crippen LogP contribution in [-0.2, 0) is 9.53 Å². The van der Waals surface area contributed by atoms with Gasteiger partial charge in [-0.3, -0.25) is 4.79 Å². The summed E-state index contributed by atoms with van der Waals surface area (Å²) < 4.78 is 5.31. The molecule has 2 aliphatic rings. The molecule has 0 spiro atoms. The van der Waals surface area contributed by atoms with Gasteiger partial charge in [-0.05, 0) is 38.0 Å². The first-order valence-corrected chi connectivity index (χ1v) is 5.46. The molecule has 2 heteroatoms. The van der Waals surface area contributed by atoms with Crippen molar-refractivity contribution in [3.05, 3.63) is 0 Å². The Hall–Kier alpha value is -0.370. The van der Waals surface area contributed by atoms with Gasteiger partial charge in [0.1, 0.15) is 5.78 Å². The van der Waals surface area contributed by atoms with E-state index in [9.17, 15) is 4.79 Å². The summed E-state index contributed by atoms with van der Waals surface area (Å²) >= 11 is 0. The van der Waals surface area contributed by atoms with Crippen molar-refractivity contribution >= 4 is 5.78 Å². The number of hydrogen-bond donors (Lipinski definition) is 0. The molecule has 2 fully saturated rings. The van der Waals surface area contributed by atoms with Crippen LogP contribution in [0.25, 0.3) is 0 Å². The summed E-state index contributed by atoms with van der Waals surface area (Å²) in [5.74, 6) is 1.69. The molecule has 1 heterocycles. The smallest absolute Gasteiger partial charge is 0.135 e. The lowest BCUT2D eigenvalue weighted by Crippen LogP contribution is -2.20. The summed E-state index contributed by atoms with van der Waals surface area (Å²) in [6, 6.07) is 0. The fourth-order valence-corrected chi connectivity index (χ4v) is 2.52. The van der Waals surface area contributed by atoms with Gasteiger partial charge in [0.15, 0.2) is 0 Å². The molecule has 0 N–H and O–H groups in total. The number of ether oxygens (including phenoxy) is 1. The maximum absolute atomic E-state index is 11.4. The normalized spacial score (nSPS) is 31.1. The van der Waals surface area contributed by atoms with E-state index < -0.39 is 0 Å². The Morgan fingerprint density at radius 2 is 2.00 bits per heavy atom. The van der Waals surface area contributed by atoms with Crippen LogP contribution in [0.5, 0.6) is 0 Å². The molecule has 1 saturated carbocycles. The minimum atomic E-state index is 0.406. The number of hydrogen-bond acceptors (Lipinski definition) is 2. The van der Waals surface area contributed by atoms with Gasteiger partial charge in [0.2, 0.25) is 0 Å². The molecule has 1 aliphatic carbocycles. The molecule has 13 heavy (non-hydrogen) atoms. The number of carbonyl (C=O) groups excluding carboxylic acids is 1. The maximum atomic E-state index is 11.4. The average Bonchev–Trinajstić information content (AvgIpc) is 2.54. The Bertz CT molecular complexity index is 183. The molecular formula is C11H18O2. The third-order valence-electron chi connectivity index (χ3n) is 3.39. The Morgan fingerprint density at radius 3 is 2.62 bits per heavy atom. The maximum Gasteiger partial charge on any atom is 0.135 e. The molecule has 0 amide bonds. The number of carbonyl (C=O) groups is 1. The van der Waals surface area contributed by atoms with Gasteiger partial charge in [-0.25, -0.2) is 0 Å². The second kappa shape index (κ2) is 4.23. The second-order valence-corrected chi connectivity index (χ2v) is 4.35. The predicted molar refractivity (Wildman–Crippen MR) is 50.5 cm³/mol. The number of ketones is 1. The van der Waals surface area contributed by atoms with Crippen LogP contribution in [0.15, 0.2) is 0 Å². The first-order chi connectivity index (χ1) is 6.36. The number of Topliss-reactive ketones (excluding diaryl/α,β-unsaturated/α-hetero) is 1. The molecule has 0 aromatic heterocycles. The lowest BCUT2D eigenvalue weighted by Gasteiger charge is -2.23. The van der Waals surface area contributed by atoms with E-state index in [1.807, 2.05) is 0 Å². The Labute approximate surface area is 79.7 Å². The lowest BCUT2D eigenvalue weighted by atomic mass is 9.88. The summed E-state index contributed by atoms with van der Waals surface area (Å²) in [5.41, 5.74) is 0. The molecule has 2 nitrogen and oxygen atoms in total. The molecule has 1 saturated heterocycles. The molecule has 0 radical (unpaired) electrons. The highest BCUT2D eigenvalue weighted by atomic mass is 16.5.